The molecule has 0 aliphatic heterocycles. The molecule has 28 heavy (non-hydrogen) atoms. The summed E-state index contributed by atoms with van der Waals surface area (Å²) in [5.74, 6) is -0.466. The molecule has 1 heterocycles. The predicted molar refractivity (Wildman–Crippen MR) is 115 cm³/mol. The molecule has 0 aliphatic rings. The highest BCUT2D eigenvalue weighted by atomic mass is 35.5. The Hall–Kier alpha value is -2.63. The van der Waals surface area contributed by atoms with E-state index >= 15 is 0 Å². The van der Waals surface area contributed by atoms with Crippen molar-refractivity contribution in [3.05, 3.63) is 81.0 Å². The average molecular weight is 413 g/mol. The highest BCUT2D eigenvalue weighted by molar-refractivity contribution is 7.16. The molecule has 1 atom stereocenters. The number of benzene rings is 2. The van der Waals surface area contributed by atoms with E-state index in [0.29, 0.717) is 22.7 Å². The monoisotopic (exact) mass is 412 g/mol. The average Bonchev–Trinajstić information content (AvgIpc) is 3.10. The van der Waals surface area contributed by atoms with Crippen LogP contribution in [0.1, 0.15) is 40.2 Å². The minimum atomic E-state index is -0.464. The Bertz CT molecular complexity index is 968. The Balaban J connectivity index is 1.91. The van der Waals surface area contributed by atoms with E-state index < -0.39 is 5.91 Å². The molecule has 6 heteroatoms. The number of nitrogens with one attached hydrogen (secondary N) is 1. The van der Waals surface area contributed by atoms with E-state index in [1.807, 2.05) is 55.5 Å². The van der Waals surface area contributed by atoms with Crippen molar-refractivity contribution in [2.24, 2.45) is 5.73 Å². The van der Waals surface area contributed by atoms with Crippen molar-refractivity contribution in [1.29, 1.82) is 0 Å². The van der Waals surface area contributed by atoms with Crippen LogP contribution in [-0.2, 0) is 11.2 Å². The summed E-state index contributed by atoms with van der Waals surface area (Å²) in [6, 6.07) is 18.9. The zero-order valence-electron chi connectivity index (χ0n) is 15.4. The van der Waals surface area contributed by atoms with E-state index in [9.17, 15) is 9.59 Å². The van der Waals surface area contributed by atoms with Gasteiger partial charge >= 0.3 is 0 Å². The van der Waals surface area contributed by atoms with Crippen LogP contribution in [0.25, 0.3) is 11.1 Å². The van der Waals surface area contributed by atoms with Gasteiger partial charge in [0.05, 0.1) is 6.04 Å². The van der Waals surface area contributed by atoms with Crippen molar-refractivity contribution in [3.63, 3.8) is 0 Å². The first-order valence-electron chi connectivity index (χ1n) is 9.00. The van der Waals surface area contributed by atoms with E-state index in [1.54, 1.807) is 12.1 Å². The fourth-order valence-electron chi connectivity index (χ4n) is 2.94. The van der Waals surface area contributed by atoms with Gasteiger partial charge in [0.1, 0.15) is 4.34 Å². The Morgan fingerprint density at radius 3 is 2.39 bits per heavy atom. The summed E-state index contributed by atoms with van der Waals surface area (Å²) >= 11 is 7.97. The number of amides is 2. The summed E-state index contributed by atoms with van der Waals surface area (Å²) in [6.45, 7) is 1.84. The number of nitrogens with two attached hydrogens (primary N) is 1. The lowest BCUT2D eigenvalue weighted by molar-refractivity contribution is -0.121. The van der Waals surface area contributed by atoms with Crippen molar-refractivity contribution in [1.82, 2.24) is 5.32 Å². The van der Waals surface area contributed by atoms with Gasteiger partial charge < -0.3 is 11.1 Å². The number of rotatable bonds is 7. The van der Waals surface area contributed by atoms with E-state index in [2.05, 4.69) is 5.32 Å². The zero-order valence-corrected chi connectivity index (χ0v) is 17.0. The van der Waals surface area contributed by atoms with Gasteiger partial charge in [-0.05, 0) is 35.7 Å². The molecule has 2 amide bonds. The van der Waals surface area contributed by atoms with Crippen LogP contribution in [-0.4, -0.2) is 11.8 Å². The molecule has 0 aliphatic carbocycles. The first-order chi connectivity index (χ1) is 13.5. The maximum Gasteiger partial charge on any atom is 0.248 e. The van der Waals surface area contributed by atoms with E-state index in [-0.39, 0.29) is 11.9 Å². The highest BCUT2D eigenvalue weighted by Gasteiger charge is 2.20. The number of primary amides is 1. The van der Waals surface area contributed by atoms with E-state index in [0.717, 1.165) is 21.6 Å². The molecule has 0 radical (unpaired) electrons. The van der Waals surface area contributed by atoms with Crippen LogP contribution in [0, 0.1) is 0 Å². The summed E-state index contributed by atoms with van der Waals surface area (Å²) < 4.78 is 0.644. The van der Waals surface area contributed by atoms with Gasteiger partial charge in [0.2, 0.25) is 11.8 Å². The minimum Gasteiger partial charge on any atom is -0.366 e. The molecule has 0 spiro atoms. The first kappa shape index (κ1) is 20.1. The molecule has 2 aromatic carbocycles. The molecule has 1 unspecified atom stereocenters. The van der Waals surface area contributed by atoms with Crippen LogP contribution in [0.4, 0.5) is 0 Å². The van der Waals surface area contributed by atoms with E-state index in [4.69, 9.17) is 17.3 Å². The minimum absolute atomic E-state index is 0.00202. The smallest absolute Gasteiger partial charge is 0.248 e. The third-order valence-electron chi connectivity index (χ3n) is 4.47. The van der Waals surface area contributed by atoms with Crippen LogP contribution >= 0.6 is 22.9 Å². The van der Waals surface area contributed by atoms with E-state index in [1.165, 1.54) is 11.3 Å². The predicted octanol–water partition coefficient (Wildman–Crippen LogP) is 4.98. The number of halogens is 1. The normalized spacial score (nSPS) is 11.8. The molecule has 0 fully saturated rings. The van der Waals surface area contributed by atoms with Crippen LogP contribution in [0.2, 0.25) is 4.34 Å². The second kappa shape index (κ2) is 9.04. The molecule has 1 aromatic heterocycles. The molecule has 144 valence electrons. The molecule has 4 nitrogen and oxygen atoms in total. The standard InChI is InChI=1S/C22H21ClN2O2S/c1-2-20(26)25-18(12-14-6-4-3-5-7-14)19-13-17(21(23)28-19)15-8-10-16(11-9-15)22(24)27/h3-11,13,18H,2,12H2,1H3,(H2,24,27)(H,25,26). The molecular weight excluding hydrogens is 392 g/mol. The van der Waals surface area contributed by atoms with Gasteiger partial charge in [0.25, 0.3) is 0 Å². The zero-order chi connectivity index (χ0) is 20.1. The van der Waals surface area contributed by atoms with Crippen molar-refractivity contribution in [2.75, 3.05) is 0 Å². The largest absolute Gasteiger partial charge is 0.366 e. The topological polar surface area (TPSA) is 72.2 Å². The molecular formula is C22H21ClN2O2S. The van der Waals surface area contributed by atoms with Crippen molar-refractivity contribution in [3.8, 4) is 11.1 Å². The Morgan fingerprint density at radius 1 is 1.11 bits per heavy atom. The number of carbonyl (C=O) groups is 2. The van der Waals surface area contributed by atoms with Crippen molar-refractivity contribution >= 4 is 34.8 Å². The second-order valence-electron chi connectivity index (χ2n) is 6.44. The van der Waals surface area contributed by atoms with Crippen LogP contribution < -0.4 is 11.1 Å². The third-order valence-corrected chi connectivity index (χ3v) is 5.94. The number of thiophene rings is 1. The van der Waals surface area contributed by atoms with Gasteiger partial charge in [-0.15, -0.1) is 11.3 Å². The lowest BCUT2D eigenvalue weighted by Crippen LogP contribution is -2.28. The number of hydrogen-bond acceptors (Lipinski definition) is 3. The maximum atomic E-state index is 12.1. The third kappa shape index (κ3) is 4.80. The molecule has 3 rings (SSSR count). The quantitative estimate of drug-likeness (QED) is 0.574. The second-order valence-corrected chi connectivity index (χ2v) is 8.13. The van der Waals surface area contributed by atoms with Crippen LogP contribution in [0.3, 0.4) is 0 Å². The SMILES string of the molecule is CCC(=O)NC(Cc1ccccc1)c1cc(-c2ccc(C(N)=O)cc2)c(Cl)s1. The summed E-state index contributed by atoms with van der Waals surface area (Å²) in [5.41, 5.74) is 8.67. The maximum absolute atomic E-state index is 12.1. The summed E-state index contributed by atoms with van der Waals surface area (Å²) in [4.78, 5) is 24.3. The highest BCUT2D eigenvalue weighted by Crippen LogP contribution is 2.39. The lowest BCUT2D eigenvalue weighted by Gasteiger charge is -2.17. The van der Waals surface area contributed by atoms with Crippen LogP contribution in [0.15, 0.2) is 60.7 Å². The fourth-order valence-corrected chi connectivity index (χ4v) is 4.32. The van der Waals surface area contributed by atoms with Gasteiger partial charge in [0.15, 0.2) is 0 Å². The molecule has 3 N–H and O–H groups in total. The lowest BCUT2D eigenvalue weighted by atomic mass is 10.0. The summed E-state index contributed by atoms with van der Waals surface area (Å²) in [5, 5.41) is 3.10. The molecule has 3 aromatic rings. The van der Waals surface area contributed by atoms with Crippen LogP contribution in [0.5, 0.6) is 0 Å². The van der Waals surface area contributed by atoms with Gasteiger partial charge in [-0.3, -0.25) is 9.59 Å². The molecule has 0 saturated heterocycles. The molecule has 0 bridgehead atoms. The molecule has 0 saturated carbocycles. The van der Waals surface area contributed by atoms with Gasteiger partial charge in [-0.2, -0.15) is 0 Å². The van der Waals surface area contributed by atoms with Gasteiger partial charge in [-0.1, -0.05) is 61.0 Å². The summed E-state index contributed by atoms with van der Waals surface area (Å²) in [7, 11) is 0. The van der Waals surface area contributed by atoms with Gasteiger partial charge in [0, 0.05) is 22.4 Å². The summed E-state index contributed by atoms with van der Waals surface area (Å²) in [6.07, 6.45) is 1.11. The Morgan fingerprint density at radius 2 is 1.79 bits per heavy atom. The number of carbonyl (C=O) groups excluding carboxylic acids is 2. The fraction of sp³-hybridized carbons (Fsp3) is 0.182. The van der Waals surface area contributed by atoms with Gasteiger partial charge in [-0.25, -0.2) is 0 Å². The first-order valence-corrected chi connectivity index (χ1v) is 10.2. The Labute approximate surface area is 173 Å². The Kier molecular flexibility index (Phi) is 6.49. The van der Waals surface area contributed by atoms with Crippen molar-refractivity contribution < 1.29 is 9.59 Å². The van der Waals surface area contributed by atoms with Crippen molar-refractivity contribution in [2.45, 2.75) is 25.8 Å². The number of hydrogen-bond donors (Lipinski definition) is 2.